The van der Waals surface area contributed by atoms with Crippen LogP contribution in [0.3, 0.4) is 0 Å². The zero-order chi connectivity index (χ0) is 25.8. The molecule has 0 saturated carbocycles. The van der Waals surface area contributed by atoms with Gasteiger partial charge in [-0.3, -0.25) is 4.40 Å². The Bertz CT molecular complexity index is 2040. The molecule has 0 saturated heterocycles. The van der Waals surface area contributed by atoms with Crippen LogP contribution >= 0.6 is 0 Å². The smallest absolute Gasteiger partial charge is 0.164 e. The molecule has 0 spiro atoms. The number of pyridine rings is 1. The average molecular weight is 500 g/mol. The Morgan fingerprint density at radius 1 is 0.410 bits per heavy atom. The predicted octanol–water partition coefficient (Wildman–Crippen LogP) is 7.93. The lowest BCUT2D eigenvalue weighted by molar-refractivity contribution is 1.07. The molecule has 8 rings (SSSR count). The monoisotopic (exact) mass is 499 g/mol. The van der Waals surface area contributed by atoms with Crippen molar-refractivity contribution in [3.8, 4) is 45.4 Å². The standard InChI is InChI=1S/C34H21N5/c1-4-11-22(12-5-1)30-31-26-20-19-25(21-27(26)28-17-10-18-29(35-30)39(28)31)34-37-32(23-13-6-2-7-14-23)36-33(38-34)24-15-8-3-9-16-24/h1-21H. The van der Waals surface area contributed by atoms with Crippen molar-refractivity contribution < 1.29 is 0 Å². The molecule has 39 heavy (non-hydrogen) atoms. The Balaban J connectivity index is 1.37. The SMILES string of the molecule is c1ccc(-c2nc(-c3ccccc3)nc(-c3ccc4c(c3)c3cccc5nc(-c6ccccc6)c4n53)n2)cc1. The molecule has 4 aromatic carbocycles. The van der Waals surface area contributed by atoms with E-state index in [0.717, 1.165) is 55.4 Å². The van der Waals surface area contributed by atoms with Crippen LogP contribution in [0.1, 0.15) is 0 Å². The zero-order valence-electron chi connectivity index (χ0n) is 20.9. The lowest BCUT2D eigenvalue weighted by atomic mass is 10.1. The van der Waals surface area contributed by atoms with Crippen molar-refractivity contribution in [3.63, 3.8) is 0 Å². The molecule has 0 amide bonds. The number of aromatic nitrogens is 5. The summed E-state index contributed by atoms with van der Waals surface area (Å²) in [5.74, 6) is 1.96. The van der Waals surface area contributed by atoms with Crippen molar-refractivity contribution in [2.45, 2.75) is 0 Å². The number of hydrogen-bond acceptors (Lipinski definition) is 4. The molecule has 5 heteroatoms. The van der Waals surface area contributed by atoms with E-state index in [-0.39, 0.29) is 0 Å². The van der Waals surface area contributed by atoms with E-state index in [4.69, 9.17) is 19.9 Å². The molecule has 182 valence electrons. The van der Waals surface area contributed by atoms with E-state index in [2.05, 4.69) is 65.1 Å². The fourth-order valence-corrected chi connectivity index (χ4v) is 5.39. The van der Waals surface area contributed by atoms with E-state index in [1.807, 2.05) is 66.7 Å². The molecule has 0 unspecified atom stereocenters. The summed E-state index contributed by atoms with van der Waals surface area (Å²) in [6.45, 7) is 0. The summed E-state index contributed by atoms with van der Waals surface area (Å²) >= 11 is 0. The Morgan fingerprint density at radius 3 is 1.59 bits per heavy atom. The molecule has 0 atom stereocenters. The molecular weight excluding hydrogens is 478 g/mol. The molecule has 0 radical (unpaired) electrons. The van der Waals surface area contributed by atoms with Crippen molar-refractivity contribution in [1.29, 1.82) is 0 Å². The topological polar surface area (TPSA) is 56.0 Å². The summed E-state index contributed by atoms with van der Waals surface area (Å²) in [5, 5.41) is 2.31. The Kier molecular flexibility index (Phi) is 4.76. The fourth-order valence-electron chi connectivity index (χ4n) is 5.39. The summed E-state index contributed by atoms with van der Waals surface area (Å²) < 4.78 is 2.26. The van der Waals surface area contributed by atoms with Crippen LogP contribution < -0.4 is 0 Å². The first-order chi connectivity index (χ1) is 19.3. The van der Waals surface area contributed by atoms with E-state index in [1.165, 1.54) is 0 Å². The van der Waals surface area contributed by atoms with Gasteiger partial charge in [0.05, 0.1) is 16.7 Å². The zero-order valence-corrected chi connectivity index (χ0v) is 20.9. The first-order valence-corrected chi connectivity index (χ1v) is 12.9. The van der Waals surface area contributed by atoms with Crippen molar-refractivity contribution in [2.75, 3.05) is 0 Å². The molecule has 0 N–H and O–H groups in total. The second-order valence-corrected chi connectivity index (χ2v) is 9.58. The van der Waals surface area contributed by atoms with Crippen molar-refractivity contribution in [2.24, 2.45) is 0 Å². The second-order valence-electron chi connectivity index (χ2n) is 9.58. The molecule has 4 heterocycles. The number of fused-ring (bicyclic) bond motifs is 3. The molecule has 0 aliphatic carbocycles. The van der Waals surface area contributed by atoms with Gasteiger partial charge in [-0.2, -0.15) is 0 Å². The number of imidazole rings is 1. The van der Waals surface area contributed by atoms with E-state index < -0.39 is 0 Å². The number of nitrogens with zero attached hydrogens (tertiary/aromatic N) is 5. The molecular formula is C34H21N5. The van der Waals surface area contributed by atoms with Gasteiger partial charge in [0, 0.05) is 33.0 Å². The maximum atomic E-state index is 4.99. The van der Waals surface area contributed by atoms with Gasteiger partial charge in [0.25, 0.3) is 0 Å². The minimum absolute atomic E-state index is 0.649. The van der Waals surface area contributed by atoms with Crippen LogP contribution in [-0.2, 0) is 0 Å². The van der Waals surface area contributed by atoms with Gasteiger partial charge in [0.1, 0.15) is 5.65 Å². The largest absolute Gasteiger partial charge is 0.292 e. The summed E-state index contributed by atoms with van der Waals surface area (Å²) in [6, 6.07) is 43.3. The summed E-state index contributed by atoms with van der Waals surface area (Å²) in [4.78, 5) is 19.7. The van der Waals surface area contributed by atoms with Gasteiger partial charge >= 0.3 is 0 Å². The quantitative estimate of drug-likeness (QED) is 0.247. The number of rotatable bonds is 4. The maximum absolute atomic E-state index is 4.99. The fraction of sp³-hybridized carbons (Fsp3) is 0. The summed E-state index contributed by atoms with van der Waals surface area (Å²) in [6.07, 6.45) is 0. The van der Waals surface area contributed by atoms with Gasteiger partial charge < -0.3 is 0 Å². The van der Waals surface area contributed by atoms with Crippen LogP contribution in [0.2, 0.25) is 0 Å². The van der Waals surface area contributed by atoms with Crippen LogP contribution in [-0.4, -0.2) is 24.3 Å². The van der Waals surface area contributed by atoms with Gasteiger partial charge in [-0.25, -0.2) is 19.9 Å². The summed E-state index contributed by atoms with van der Waals surface area (Å²) in [7, 11) is 0. The van der Waals surface area contributed by atoms with Crippen molar-refractivity contribution in [3.05, 3.63) is 127 Å². The Morgan fingerprint density at radius 2 is 0.974 bits per heavy atom. The average Bonchev–Trinajstić information content (AvgIpc) is 3.57. The van der Waals surface area contributed by atoms with Gasteiger partial charge in [0.15, 0.2) is 17.5 Å². The minimum Gasteiger partial charge on any atom is -0.292 e. The van der Waals surface area contributed by atoms with E-state index >= 15 is 0 Å². The predicted molar refractivity (Wildman–Crippen MR) is 157 cm³/mol. The van der Waals surface area contributed by atoms with Crippen LogP contribution in [0, 0.1) is 0 Å². The highest BCUT2D eigenvalue weighted by Crippen LogP contribution is 2.38. The van der Waals surface area contributed by atoms with Crippen LogP contribution in [0.4, 0.5) is 0 Å². The molecule has 8 aromatic rings. The summed E-state index contributed by atoms with van der Waals surface area (Å²) in [5.41, 5.74) is 8.15. The van der Waals surface area contributed by atoms with Gasteiger partial charge in [-0.15, -0.1) is 0 Å². The Labute approximate surface area is 224 Å². The highest BCUT2D eigenvalue weighted by atomic mass is 15.0. The molecule has 0 fully saturated rings. The van der Waals surface area contributed by atoms with E-state index in [9.17, 15) is 0 Å². The number of benzene rings is 4. The van der Waals surface area contributed by atoms with Gasteiger partial charge in [-0.05, 0) is 18.2 Å². The lowest BCUT2D eigenvalue weighted by Crippen LogP contribution is -2.00. The van der Waals surface area contributed by atoms with Gasteiger partial charge in [0.2, 0.25) is 0 Å². The second kappa shape index (κ2) is 8.57. The third-order valence-electron chi connectivity index (χ3n) is 7.20. The van der Waals surface area contributed by atoms with E-state index in [1.54, 1.807) is 0 Å². The highest BCUT2D eigenvalue weighted by Gasteiger charge is 2.20. The van der Waals surface area contributed by atoms with Crippen molar-refractivity contribution >= 4 is 27.5 Å². The number of hydrogen-bond donors (Lipinski definition) is 0. The molecule has 5 nitrogen and oxygen atoms in total. The molecule has 0 bridgehead atoms. The first-order valence-electron chi connectivity index (χ1n) is 12.9. The van der Waals surface area contributed by atoms with Gasteiger partial charge in [-0.1, -0.05) is 109 Å². The third-order valence-corrected chi connectivity index (χ3v) is 7.20. The molecule has 0 aliphatic heterocycles. The molecule has 0 aliphatic rings. The minimum atomic E-state index is 0.649. The van der Waals surface area contributed by atoms with Crippen LogP contribution in [0.5, 0.6) is 0 Å². The normalized spacial score (nSPS) is 11.6. The maximum Gasteiger partial charge on any atom is 0.164 e. The highest BCUT2D eigenvalue weighted by molar-refractivity contribution is 6.14. The van der Waals surface area contributed by atoms with Crippen molar-refractivity contribution in [1.82, 2.24) is 24.3 Å². The Hall–Kier alpha value is -5.42. The first kappa shape index (κ1) is 21.6. The third kappa shape index (κ3) is 3.48. The van der Waals surface area contributed by atoms with Crippen LogP contribution in [0.25, 0.3) is 72.9 Å². The lowest BCUT2D eigenvalue weighted by Gasteiger charge is -2.08. The molecule has 4 aromatic heterocycles. The van der Waals surface area contributed by atoms with E-state index in [0.29, 0.717) is 17.5 Å². The van der Waals surface area contributed by atoms with Crippen LogP contribution in [0.15, 0.2) is 127 Å².